The number of pyridine rings is 1. The zero-order valence-corrected chi connectivity index (χ0v) is 24.8. The van der Waals surface area contributed by atoms with Crippen molar-refractivity contribution >= 4 is 10.9 Å². The second-order valence-electron chi connectivity index (χ2n) is 12.0. The molecule has 43 heavy (non-hydrogen) atoms. The monoisotopic (exact) mass is 601 g/mol. The summed E-state index contributed by atoms with van der Waals surface area (Å²) in [5.41, 5.74) is 2.26. The van der Waals surface area contributed by atoms with Crippen LogP contribution in [-0.4, -0.2) is 84.7 Å². The Morgan fingerprint density at radius 3 is 2.42 bits per heavy atom. The van der Waals surface area contributed by atoms with Gasteiger partial charge in [-0.2, -0.15) is 0 Å². The highest BCUT2D eigenvalue weighted by Gasteiger charge is 2.35. The molecule has 3 aromatic rings. The molecule has 1 unspecified atom stereocenters. The molecule has 2 saturated heterocycles. The normalized spacial score (nSPS) is 18.7. The minimum absolute atomic E-state index is 0.0328. The molecule has 0 radical (unpaired) electrons. The Balaban J connectivity index is 1.22. The molecule has 2 fully saturated rings. The van der Waals surface area contributed by atoms with Gasteiger partial charge >= 0.3 is 0 Å². The van der Waals surface area contributed by atoms with Crippen molar-refractivity contribution in [1.82, 2.24) is 14.8 Å². The van der Waals surface area contributed by atoms with Crippen molar-refractivity contribution in [2.24, 2.45) is 5.41 Å². The molecule has 3 heterocycles. The zero-order valence-electron chi connectivity index (χ0n) is 24.8. The van der Waals surface area contributed by atoms with Crippen LogP contribution in [0, 0.1) is 22.9 Å². The van der Waals surface area contributed by atoms with Crippen molar-refractivity contribution in [3.8, 4) is 5.75 Å². The number of morpholine rings is 1. The average Bonchev–Trinajstić information content (AvgIpc) is 3.02. The highest BCUT2D eigenvalue weighted by atomic mass is 19.1. The highest BCUT2D eigenvalue weighted by Crippen LogP contribution is 2.40. The lowest BCUT2D eigenvalue weighted by atomic mass is 9.74. The molecule has 1 atom stereocenters. The summed E-state index contributed by atoms with van der Waals surface area (Å²) in [7, 11) is 1.62. The van der Waals surface area contributed by atoms with Gasteiger partial charge in [0.2, 0.25) is 0 Å². The van der Waals surface area contributed by atoms with E-state index < -0.39 is 23.6 Å². The fourth-order valence-corrected chi connectivity index (χ4v) is 6.50. The van der Waals surface area contributed by atoms with Gasteiger partial charge in [-0.15, -0.1) is 0 Å². The first-order chi connectivity index (χ1) is 20.8. The number of rotatable bonds is 12. The maximum Gasteiger partial charge on any atom is 0.132 e. The molecule has 0 bridgehead atoms. The van der Waals surface area contributed by atoms with E-state index in [1.807, 2.05) is 24.4 Å². The van der Waals surface area contributed by atoms with Gasteiger partial charge in [0.25, 0.3) is 0 Å². The van der Waals surface area contributed by atoms with Gasteiger partial charge in [0, 0.05) is 55.5 Å². The SMILES string of the molecule is COc1ccc2ncc(CN3CCOCC3)c(C(O)CCC3(CO)CCN(CCCc4c(F)cc(F)cc4F)CC3)c2c1. The van der Waals surface area contributed by atoms with Crippen molar-refractivity contribution in [1.29, 1.82) is 0 Å². The van der Waals surface area contributed by atoms with E-state index in [-0.39, 0.29) is 24.0 Å². The summed E-state index contributed by atoms with van der Waals surface area (Å²) in [4.78, 5) is 9.24. The Morgan fingerprint density at radius 2 is 1.74 bits per heavy atom. The number of halogens is 3. The summed E-state index contributed by atoms with van der Waals surface area (Å²) in [6.45, 7) is 5.88. The first-order valence-corrected chi connectivity index (χ1v) is 15.2. The van der Waals surface area contributed by atoms with Crippen LogP contribution in [0.5, 0.6) is 5.75 Å². The molecular weight excluding hydrogens is 559 g/mol. The van der Waals surface area contributed by atoms with Gasteiger partial charge in [-0.3, -0.25) is 9.88 Å². The molecule has 0 spiro atoms. The van der Waals surface area contributed by atoms with Crippen LogP contribution in [0.4, 0.5) is 13.2 Å². The van der Waals surface area contributed by atoms with Crippen LogP contribution < -0.4 is 4.74 Å². The van der Waals surface area contributed by atoms with Gasteiger partial charge in [0.15, 0.2) is 0 Å². The minimum Gasteiger partial charge on any atom is -0.497 e. The number of hydrogen-bond acceptors (Lipinski definition) is 7. The van der Waals surface area contributed by atoms with E-state index >= 15 is 0 Å². The maximum atomic E-state index is 14.0. The molecule has 2 aliphatic rings. The quantitative estimate of drug-likeness (QED) is 0.302. The summed E-state index contributed by atoms with van der Waals surface area (Å²) in [5, 5.41) is 23.0. The number of nitrogens with zero attached hydrogens (tertiary/aromatic N) is 3. The maximum absolute atomic E-state index is 14.0. The van der Waals surface area contributed by atoms with Gasteiger partial charge in [0.1, 0.15) is 23.2 Å². The molecule has 2 aromatic carbocycles. The molecule has 5 rings (SSSR count). The van der Waals surface area contributed by atoms with Crippen LogP contribution in [-0.2, 0) is 17.7 Å². The number of fused-ring (bicyclic) bond motifs is 1. The highest BCUT2D eigenvalue weighted by molar-refractivity contribution is 5.85. The van der Waals surface area contributed by atoms with Crippen LogP contribution >= 0.6 is 0 Å². The number of likely N-dealkylation sites (tertiary alicyclic amines) is 1. The standard InChI is InChI=1S/C33H42F3N3O4/c1-42-25-4-5-30-27(19-25)32(23(20-37-30)21-39-13-15-43-16-14-39)31(41)6-7-33(22-40)8-11-38(12-9-33)10-2-3-26-28(35)17-24(34)18-29(26)36/h4-5,17-20,31,40-41H,2-3,6-16,21-22H2,1H3. The lowest BCUT2D eigenvalue weighted by Gasteiger charge is -2.41. The van der Waals surface area contributed by atoms with Crippen molar-refractivity contribution in [2.45, 2.75) is 51.2 Å². The third kappa shape index (κ3) is 7.67. The molecular formula is C33H42F3N3O4. The van der Waals surface area contributed by atoms with E-state index in [0.29, 0.717) is 51.3 Å². The van der Waals surface area contributed by atoms with E-state index in [2.05, 4.69) is 14.8 Å². The minimum atomic E-state index is -0.912. The number of ether oxygens (including phenoxy) is 2. The number of hydrogen-bond donors (Lipinski definition) is 2. The van der Waals surface area contributed by atoms with Gasteiger partial charge in [0.05, 0.1) is 31.9 Å². The Labute approximate surface area is 251 Å². The van der Waals surface area contributed by atoms with Gasteiger partial charge < -0.3 is 24.6 Å². The lowest BCUT2D eigenvalue weighted by molar-refractivity contribution is 0.0227. The van der Waals surface area contributed by atoms with Crippen molar-refractivity contribution < 1.29 is 32.9 Å². The second-order valence-corrected chi connectivity index (χ2v) is 12.0. The smallest absolute Gasteiger partial charge is 0.132 e. The van der Waals surface area contributed by atoms with E-state index in [4.69, 9.17) is 9.47 Å². The van der Waals surface area contributed by atoms with Gasteiger partial charge in [-0.25, -0.2) is 13.2 Å². The number of methoxy groups -OCH3 is 1. The number of aliphatic hydroxyl groups excluding tert-OH is 2. The van der Waals surface area contributed by atoms with Crippen LogP contribution in [0.2, 0.25) is 0 Å². The van der Waals surface area contributed by atoms with Crippen LogP contribution in [0.25, 0.3) is 10.9 Å². The molecule has 7 nitrogen and oxygen atoms in total. The summed E-state index contributed by atoms with van der Waals surface area (Å²) in [6, 6.07) is 7.16. The molecule has 0 aliphatic carbocycles. The number of benzene rings is 2. The summed E-state index contributed by atoms with van der Waals surface area (Å²) >= 11 is 0. The molecule has 234 valence electrons. The molecule has 2 aliphatic heterocycles. The Hall–Kier alpha value is -2.76. The molecule has 0 amide bonds. The van der Waals surface area contributed by atoms with Gasteiger partial charge in [-0.05, 0) is 92.9 Å². The van der Waals surface area contributed by atoms with Crippen LogP contribution in [0.15, 0.2) is 36.5 Å². The van der Waals surface area contributed by atoms with E-state index in [0.717, 1.165) is 73.2 Å². The molecule has 10 heteroatoms. The topological polar surface area (TPSA) is 78.3 Å². The summed E-state index contributed by atoms with van der Waals surface area (Å²) < 4.78 is 52.2. The zero-order chi connectivity index (χ0) is 30.4. The van der Waals surface area contributed by atoms with E-state index in [9.17, 15) is 23.4 Å². The predicted octanol–water partition coefficient (Wildman–Crippen LogP) is 5.01. The summed E-state index contributed by atoms with van der Waals surface area (Å²) in [5.74, 6) is -1.90. The van der Waals surface area contributed by atoms with Crippen molar-refractivity contribution in [2.75, 3.05) is 59.7 Å². The molecule has 0 saturated carbocycles. The first-order valence-electron chi connectivity index (χ1n) is 15.2. The van der Waals surface area contributed by atoms with Crippen molar-refractivity contribution in [3.05, 3.63) is 70.7 Å². The third-order valence-corrected chi connectivity index (χ3v) is 9.24. The van der Waals surface area contributed by atoms with E-state index in [1.54, 1.807) is 7.11 Å². The Morgan fingerprint density at radius 1 is 1.02 bits per heavy atom. The Kier molecular flexibility index (Phi) is 10.6. The summed E-state index contributed by atoms with van der Waals surface area (Å²) in [6.07, 6.45) is 4.56. The third-order valence-electron chi connectivity index (χ3n) is 9.24. The van der Waals surface area contributed by atoms with Crippen LogP contribution in [0.3, 0.4) is 0 Å². The number of aromatic nitrogens is 1. The molecule has 1 aromatic heterocycles. The fraction of sp³-hybridized carbons (Fsp3) is 0.545. The second kappa shape index (κ2) is 14.3. The van der Waals surface area contributed by atoms with E-state index in [1.165, 1.54) is 0 Å². The molecule has 2 N–H and O–H groups in total. The Bertz CT molecular complexity index is 1350. The van der Waals surface area contributed by atoms with Crippen molar-refractivity contribution in [3.63, 3.8) is 0 Å². The first kappa shape index (κ1) is 31.7. The van der Waals surface area contributed by atoms with Crippen LogP contribution in [0.1, 0.15) is 54.9 Å². The number of aliphatic hydroxyl groups is 2. The van der Waals surface area contributed by atoms with Gasteiger partial charge in [-0.1, -0.05) is 0 Å². The lowest BCUT2D eigenvalue weighted by Crippen LogP contribution is -2.42. The predicted molar refractivity (Wildman–Crippen MR) is 158 cm³/mol. The average molecular weight is 602 g/mol. The number of piperidine rings is 1. The fourth-order valence-electron chi connectivity index (χ4n) is 6.50. The largest absolute Gasteiger partial charge is 0.497 e.